The molecule has 2 aromatic carbocycles. The van der Waals surface area contributed by atoms with Crippen molar-refractivity contribution in [2.75, 3.05) is 13.2 Å². The van der Waals surface area contributed by atoms with Gasteiger partial charge in [-0.05, 0) is 30.2 Å². The Labute approximate surface area is 160 Å². The van der Waals surface area contributed by atoms with Gasteiger partial charge < -0.3 is 13.8 Å². The molecule has 2 aliphatic heterocycles. The molecule has 4 rings (SSSR count). The molecule has 0 radical (unpaired) electrons. The second kappa shape index (κ2) is 6.79. The van der Waals surface area contributed by atoms with Crippen molar-refractivity contribution in [1.82, 2.24) is 0 Å². The average molecular weight is 382 g/mol. The van der Waals surface area contributed by atoms with Crippen molar-refractivity contribution in [2.45, 2.75) is 20.8 Å². The third-order valence-corrected chi connectivity index (χ3v) is 6.65. The predicted octanol–water partition coefficient (Wildman–Crippen LogP) is 6.12. The molecule has 0 amide bonds. The Balaban J connectivity index is 1.87. The maximum atomic E-state index is 13.7. The van der Waals surface area contributed by atoms with E-state index in [1.165, 1.54) is 0 Å². The van der Waals surface area contributed by atoms with Crippen LogP contribution in [0.25, 0.3) is 10.9 Å². The van der Waals surface area contributed by atoms with Gasteiger partial charge in [0.25, 0.3) is 0 Å². The molecule has 1 fully saturated rings. The summed E-state index contributed by atoms with van der Waals surface area (Å²) in [6.07, 6.45) is 1.91. The highest BCUT2D eigenvalue weighted by Crippen LogP contribution is 2.65. The maximum Gasteiger partial charge on any atom is 0.365 e. The lowest BCUT2D eigenvalue weighted by molar-refractivity contribution is 0.0466. The van der Waals surface area contributed by atoms with Crippen molar-refractivity contribution >= 4 is 18.5 Å². The average Bonchev–Trinajstić information content (AvgIpc) is 2.66. The number of hydrogen-bond acceptors (Lipinski definition) is 4. The van der Waals surface area contributed by atoms with E-state index in [0.717, 1.165) is 22.4 Å². The molecule has 140 valence electrons. The molecule has 0 saturated carbocycles. The monoisotopic (exact) mass is 382 g/mol. The highest BCUT2D eigenvalue weighted by molar-refractivity contribution is 7.65. The van der Waals surface area contributed by atoms with E-state index in [-0.39, 0.29) is 5.41 Å². The SMILES string of the molecule is CC1=C/C(=C(/c2ccccc2)P2(=O)OCC(C)(C)CO2)Oc2ccccc21. The Hall–Kier alpha value is -2.13. The maximum absolute atomic E-state index is 13.7. The van der Waals surface area contributed by atoms with Gasteiger partial charge in [0, 0.05) is 11.0 Å². The van der Waals surface area contributed by atoms with Crippen LogP contribution in [-0.4, -0.2) is 13.2 Å². The van der Waals surface area contributed by atoms with Crippen molar-refractivity contribution in [1.29, 1.82) is 0 Å². The van der Waals surface area contributed by atoms with Gasteiger partial charge in [0.05, 0.1) is 13.2 Å². The minimum Gasteiger partial charge on any atom is -0.456 e. The van der Waals surface area contributed by atoms with Crippen LogP contribution in [0.3, 0.4) is 0 Å². The van der Waals surface area contributed by atoms with Gasteiger partial charge in [-0.1, -0.05) is 62.4 Å². The fourth-order valence-electron chi connectivity index (χ4n) is 3.18. The van der Waals surface area contributed by atoms with E-state index in [2.05, 4.69) is 0 Å². The van der Waals surface area contributed by atoms with E-state index in [1.54, 1.807) is 0 Å². The lowest BCUT2D eigenvalue weighted by Crippen LogP contribution is -2.29. The molecule has 2 heterocycles. The van der Waals surface area contributed by atoms with Crippen LogP contribution in [0.1, 0.15) is 31.9 Å². The van der Waals surface area contributed by atoms with Crippen molar-refractivity contribution in [2.24, 2.45) is 5.41 Å². The van der Waals surface area contributed by atoms with Gasteiger partial charge in [-0.25, -0.2) is 0 Å². The summed E-state index contributed by atoms with van der Waals surface area (Å²) in [5.41, 5.74) is 2.67. The van der Waals surface area contributed by atoms with E-state index in [0.29, 0.717) is 24.3 Å². The fourth-order valence-corrected chi connectivity index (χ4v) is 5.40. The number of fused-ring (bicyclic) bond motifs is 1. The van der Waals surface area contributed by atoms with Crippen LogP contribution in [0.5, 0.6) is 5.75 Å². The smallest absolute Gasteiger partial charge is 0.365 e. The number of rotatable bonds is 2. The summed E-state index contributed by atoms with van der Waals surface area (Å²) in [5, 5.41) is 0.479. The summed E-state index contributed by atoms with van der Waals surface area (Å²) >= 11 is 0. The topological polar surface area (TPSA) is 44.8 Å². The van der Waals surface area contributed by atoms with Crippen LogP contribution in [0, 0.1) is 5.41 Å². The predicted molar refractivity (Wildman–Crippen MR) is 107 cm³/mol. The Bertz CT molecular complexity index is 959. The van der Waals surface area contributed by atoms with Crippen LogP contribution >= 0.6 is 7.60 Å². The van der Waals surface area contributed by atoms with Crippen LogP contribution in [0.15, 0.2) is 66.4 Å². The molecule has 0 aromatic heterocycles. The number of hydrogen-bond donors (Lipinski definition) is 0. The van der Waals surface area contributed by atoms with Gasteiger partial charge in [0.2, 0.25) is 0 Å². The van der Waals surface area contributed by atoms with Gasteiger partial charge in [0.1, 0.15) is 16.8 Å². The van der Waals surface area contributed by atoms with Gasteiger partial charge >= 0.3 is 7.60 Å². The molecule has 2 aliphatic rings. The van der Waals surface area contributed by atoms with Crippen LogP contribution in [0.4, 0.5) is 0 Å². The standard InChI is InChI=1S/C22H23O4P/c1-16-13-20(26-19-12-8-7-11-18(16)19)21(17-9-5-4-6-10-17)27(23)24-14-22(2,3)15-25-27/h4-13H,14-15H2,1-3H3/b21-20+. The first-order chi connectivity index (χ1) is 12.9. The summed E-state index contributed by atoms with van der Waals surface area (Å²) in [6.45, 7) is 6.82. The summed E-state index contributed by atoms with van der Waals surface area (Å²) in [7, 11) is -3.52. The second-order valence-corrected chi connectivity index (χ2v) is 9.67. The Morgan fingerprint density at radius 3 is 2.30 bits per heavy atom. The number of para-hydroxylation sites is 1. The molecular formula is C22H23O4P. The molecule has 0 bridgehead atoms. The van der Waals surface area contributed by atoms with Crippen molar-refractivity contribution < 1.29 is 18.3 Å². The van der Waals surface area contributed by atoms with Crippen LogP contribution in [0.2, 0.25) is 0 Å². The van der Waals surface area contributed by atoms with E-state index >= 15 is 0 Å². The first kappa shape index (κ1) is 18.2. The largest absolute Gasteiger partial charge is 0.456 e. The summed E-state index contributed by atoms with van der Waals surface area (Å²) < 4.78 is 31.6. The number of allylic oxidation sites excluding steroid dienone is 2. The normalized spacial score (nSPS) is 22.3. The van der Waals surface area contributed by atoms with Gasteiger partial charge in [-0.2, -0.15) is 0 Å². The zero-order valence-electron chi connectivity index (χ0n) is 15.8. The quantitative estimate of drug-likeness (QED) is 0.587. The van der Waals surface area contributed by atoms with E-state index in [9.17, 15) is 4.57 Å². The minimum atomic E-state index is -3.52. The third kappa shape index (κ3) is 3.53. The van der Waals surface area contributed by atoms with Crippen LogP contribution in [-0.2, 0) is 13.6 Å². The molecule has 4 nitrogen and oxygen atoms in total. The van der Waals surface area contributed by atoms with Crippen molar-refractivity contribution in [3.63, 3.8) is 0 Å². The molecule has 2 aromatic rings. The molecule has 0 atom stereocenters. The van der Waals surface area contributed by atoms with Gasteiger partial charge in [-0.15, -0.1) is 0 Å². The van der Waals surface area contributed by atoms with E-state index in [1.807, 2.05) is 81.4 Å². The molecule has 1 saturated heterocycles. The van der Waals surface area contributed by atoms with Crippen LogP contribution < -0.4 is 4.74 Å². The van der Waals surface area contributed by atoms with Crippen molar-refractivity contribution in [3.8, 4) is 5.75 Å². The highest BCUT2D eigenvalue weighted by atomic mass is 31.2. The van der Waals surface area contributed by atoms with Gasteiger partial charge in [-0.3, -0.25) is 4.57 Å². The Morgan fingerprint density at radius 1 is 0.963 bits per heavy atom. The summed E-state index contributed by atoms with van der Waals surface area (Å²) in [5.74, 6) is 1.25. The number of benzene rings is 2. The molecule has 0 unspecified atom stereocenters. The number of ether oxygens (including phenoxy) is 1. The second-order valence-electron chi connectivity index (χ2n) is 7.71. The highest BCUT2D eigenvalue weighted by Gasteiger charge is 2.42. The van der Waals surface area contributed by atoms with Gasteiger partial charge in [0.15, 0.2) is 0 Å². The van der Waals surface area contributed by atoms with E-state index < -0.39 is 7.60 Å². The lowest BCUT2D eigenvalue weighted by atomic mass is 9.97. The Morgan fingerprint density at radius 2 is 1.59 bits per heavy atom. The summed E-state index contributed by atoms with van der Waals surface area (Å²) in [4.78, 5) is 0. The Kier molecular flexibility index (Phi) is 4.59. The minimum absolute atomic E-state index is 0.174. The fraction of sp³-hybridized carbons (Fsp3) is 0.273. The molecule has 27 heavy (non-hydrogen) atoms. The van der Waals surface area contributed by atoms with E-state index in [4.69, 9.17) is 13.8 Å². The zero-order valence-corrected chi connectivity index (χ0v) is 16.7. The molecular weight excluding hydrogens is 359 g/mol. The molecule has 5 heteroatoms. The molecule has 0 N–H and O–H groups in total. The third-order valence-electron chi connectivity index (χ3n) is 4.68. The zero-order chi connectivity index (χ0) is 19.1. The van der Waals surface area contributed by atoms with Crippen molar-refractivity contribution in [3.05, 3.63) is 77.6 Å². The molecule has 0 spiro atoms. The molecule has 0 aliphatic carbocycles. The summed E-state index contributed by atoms with van der Waals surface area (Å²) in [6, 6.07) is 17.4. The first-order valence-electron chi connectivity index (χ1n) is 9.03. The lowest BCUT2D eigenvalue weighted by Gasteiger charge is -2.35. The first-order valence-corrected chi connectivity index (χ1v) is 10.6.